The van der Waals surface area contributed by atoms with Crippen molar-refractivity contribution in [2.75, 3.05) is 19.8 Å². The van der Waals surface area contributed by atoms with Gasteiger partial charge >= 0.3 is 252 Å². The second-order valence-corrected chi connectivity index (χ2v) is 17.9. The first kappa shape index (κ1) is 32.9. The summed E-state index contributed by atoms with van der Waals surface area (Å²) in [6, 6.07) is 23.5. The van der Waals surface area contributed by atoms with Crippen LogP contribution in [0, 0.1) is 20.8 Å². The average Bonchev–Trinajstić information content (AvgIpc) is 2.98. The van der Waals surface area contributed by atoms with E-state index >= 15 is 0 Å². The molecule has 0 saturated carbocycles. The molecule has 42 heavy (non-hydrogen) atoms. The van der Waals surface area contributed by atoms with Crippen molar-refractivity contribution in [2.24, 2.45) is 4.52 Å². The molecule has 1 aliphatic rings. The van der Waals surface area contributed by atoms with Gasteiger partial charge in [0.05, 0.1) is 0 Å². The molecule has 3 aromatic carbocycles. The van der Waals surface area contributed by atoms with Crippen molar-refractivity contribution in [3.05, 3.63) is 89.5 Å². The Morgan fingerprint density at radius 1 is 0.619 bits per heavy atom. The van der Waals surface area contributed by atoms with E-state index in [1.54, 1.807) is 0 Å². The molecule has 0 amide bonds. The van der Waals surface area contributed by atoms with Gasteiger partial charge in [0.2, 0.25) is 0 Å². The topological polar surface area (TPSA) is 91.8 Å². The van der Waals surface area contributed by atoms with Gasteiger partial charge in [0, 0.05) is 0 Å². The van der Waals surface area contributed by atoms with Crippen LogP contribution >= 0.6 is 23.7 Å². The number of rotatable bonds is 15. The number of hydrogen-bond donors (Lipinski definition) is 2. The van der Waals surface area contributed by atoms with E-state index in [0.717, 1.165) is 36.0 Å². The standard InChI is InChI=1S/C30H46N3O6P3/c1-7-22-34-40(37-28-16-10-25(4)11-17-28)31-41(35-23-8-2,38-29-18-12-26(5)13-19-29)33-42(32-40,36-24-9-3)39-30-20-14-27(6)15-21-30/h10-21,31-32,40-41H,7-9,22-24H2,1-6H3. The monoisotopic (exact) mass is 637 g/mol. The van der Waals surface area contributed by atoms with Crippen LogP contribution in [0.5, 0.6) is 17.2 Å². The van der Waals surface area contributed by atoms with E-state index in [9.17, 15) is 0 Å². The van der Waals surface area contributed by atoms with Crippen LogP contribution in [0.1, 0.15) is 56.7 Å². The molecule has 3 aromatic rings. The summed E-state index contributed by atoms with van der Waals surface area (Å²) in [4.78, 5) is 7.14. The van der Waals surface area contributed by atoms with Crippen LogP contribution in [0.25, 0.3) is 0 Å². The minimum absolute atomic E-state index is 0.404. The number of aryl methyl sites for hydroxylation is 3. The molecule has 4 rings (SSSR count). The van der Waals surface area contributed by atoms with Crippen molar-refractivity contribution in [2.45, 2.75) is 60.8 Å². The van der Waals surface area contributed by atoms with Gasteiger partial charge in [0.15, 0.2) is 0 Å². The summed E-state index contributed by atoms with van der Waals surface area (Å²) >= 11 is 0. The van der Waals surface area contributed by atoms with Gasteiger partial charge in [-0.05, 0) is 0 Å². The van der Waals surface area contributed by atoms with Crippen LogP contribution in [0.15, 0.2) is 77.3 Å². The fourth-order valence-electron chi connectivity index (χ4n) is 4.04. The first-order chi connectivity index (χ1) is 20.2. The van der Waals surface area contributed by atoms with Gasteiger partial charge in [0.1, 0.15) is 0 Å². The molecule has 1 heterocycles. The predicted molar refractivity (Wildman–Crippen MR) is 176 cm³/mol. The van der Waals surface area contributed by atoms with E-state index < -0.39 is 23.7 Å². The van der Waals surface area contributed by atoms with Crippen LogP contribution in [-0.4, -0.2) is 19.8 Å². The summed E-state index contributed by atoms with van der Waals surface area (Å²) in [6.45, 7) is 13.5. The third-order valence-electron chi connectivity index (χ3n) is 6.17. The van der Waals surface area contributed by atoms with Crippen LogP contribution in [0.3, 0.4) is 0 Å². The molecule has 12 heteroatoms. The second-order valence-electron chi connectivity index (χ2n) is 10.3. The van der Waals surface area contributed by atoms with Crippen LogP contribution in [0.2, 0.25) is 0 Å². The Morgan fingerprint density at radius 3 is 1.62 bits per heavy atom. The van der Waals surface area contributed by atoms with E-state index in [4.69, 9.17) is 31.7 Å². The summed E-state index contributed by atoms with van der Waals surface area (Å²) in [5.74, 6) is 1.88. The van der Waals surface area contributed by atoms with Gasteiger partial charge in [-0.15, -0.1) is 0 Å². The van der Waals surface area contributed by atoms with Crippen molar-refractivity contribution in [1.29, 1.82) is 0 Å². The quantitative estimate of drug-likeness (QED) is 0.159. The van der Waals surface area contributed by atoms with Crippen molar-refractivity contribution in [1.82, 2.24) is 9.72 Å². The Bertz CT molecular complexity index is 1330. The molecule has 1 atom stereocenters. The van der Waals surface area contributed by atoms with Crippen molar-refractivity contribution in [3.8, 4) is 17.2 Å². The van der Waals surface area contributed by atoms with Gasteiger partial charge in [0.25, 0.3) is 0 Å². The zero-order valence-corrected chi connectivity index (χ0v) is 28.4. The van der Waals surface area contributed by atoms with Crippen molar-refractivity contribution in [3.63, 3.8) is 0 Å². The molecule has 0 aliphatic carbocycles. The molecule has 1 aliphatic heterocycles. The molecule has 9 nitrogen and oxygen atoms in total. The van der Waals surface area contributed by atoms with E-state index in [-0.39, 0.29) is 0 Å². The zero-order valence-electron chi connectivity index (χ0n) is 25.5. The zero-order chi connectivity index (χ0) is 30.1. The number of nitrogens with zero attached hydrogens (tertiary/aromatic N) is 1. The maximum absolute atomic E-state index is 6.76. The predicted octanol–water partition coefficient (Wildman–Crippen LogP) is 9.39. The maximum atomic E-state index is 6.76. The van der Waals surface area contributed by atoms with Gasteiger partial charge < -0.3 is 0 Å². The molecule has 2 N–H and O–H groups in total. The third-order valence-corrected chi connectivity index (χ3v) is 16.4. The van der Waals surface area contributed by atoms with Gasteiger partial charge in [-0.1, -0.05) is 0 Å². The molecule has 0 saturated heterocycles. The Balaban J connectivity index is 1.91. The molecule has 0 spiro atoms. The summed E-state index contributed by atoms with van der Waals surface area (Å²) < 4.78 is 45.2. The molecule has 0 bridgehead atoms. The van der Waals surface area contributed by atoms with Gasteiger partial charge in [-0.3, -0.25) is 0 Å². The molecular formula is C30H46N3O6P3. The fourth-order valence-corrected chi connectivity index (χ4v) is 16.2. The van der Waals surface area contributed by atoms with Crippen molar-refractivity contribution < 1.29 is 27.1 Å². The Labute approximate surface area is 252 Å². The second kappa shape index (κ2) is 15.1. The number of benzene rings is 3. The number of hydrogen-bond acceptors (Lipinski definition) is 9. The molecule has 232 valence electrons. The Hall–Kier alpha value is -2.05. The molecular weight excluding hydrogens is 591 g/mol. The Kier molecular flexibility index (Phi) is 11.8. The van der Waals surface area contributed by atoms with Gasteiger partial charge in [-0.2, -0.15) is 0 Å². The third kappa shape index (κ3) is 8.98. The van der Waals surface area contributed by atoms with Crippen LogP contribution < -0.4 is 23.3 Å². The summed E-state index contributed by atoms with van der Waals surface area (Å²) in [6.07, 6.45) is 2.30. The fraction of sp³-hybridized carbons (Fsp3) is 0.400. The summed E-state index contributed by atoms with van der Waals surface area (Å²) in [5, 5.41) is 0. The molecule has 0 fully saturated rings. The normalized spacial score (nSPS) is 20.6. The van der Waals surface area contributed by atoms with Crippen LogP contribution in [-0.2, 0) is 13.6 Å². The molecule has 0 aromatic heterocycles. The minimum atomic E-state index is -3.74. The van der Waals surface area contributed by atoms with E-state index in [1.165, 1.54) is 0 Å². The average molecular weight is 638 g/mol. The molecule has 1 unspecified atom stereocenters. The van der Waals surface area contributed by atoms with E-state index in [1.807, 2.05) is 100 Å². The summed E-state index contributed by atoms with van der Waals surface area (Å²) in [7, 11) is -10.7. The van der Waals surface area contributed by atoms with Crippen molar-refractivity contribution >= 4 is 23.7 Å². The van der Waals surface area contributed by atoms with E-state index in [2.05, 4.69) is 23.6 Å². The first-order valence-electron chi connectivity index (χ1n) is 14.6. The molecule has 0 radical (unpaired) electrons. The van der Waals surface area contributed by atoms with E-state index in [0.29, 0.717) is 37.1 Å². The summed E-state index contributed by atoms with van der Waals surface area (Å²) in [5.41, 5.74) is 3.37. The SMILES string of the molecule is CCCOP1(Oc2ccc(C)cc2)=N[PH](OCCC)(Oc2ccc(C)cc2)N[PH](OCCC)(Oc2ccc(C)cc2)N1. The Morgan fingerprint density at radius 2 is 1.10 bits per heavy atom. The van der Waals surface area contributed by atoms with Crippen LogP contribution in [0.4, 0.5) is 0 Å². The number of nitrogens with one attached hydrogen (secondary N) is 2. The van der Waals surface area contributed by atoms with Gasteiger partial charge in [-0.25, -0.2) is 0 Å². The first-order valence-corrected chi connectivity index (χ1v) is 19.8.